The molecule has 1 N–H and O–H groups in total. The van der Waals surface area contributed by atoms with Crippen molar-refractivity contribution in [3.63, 3.8) is 0 Å². The van der Waals surface area contributed by atoms with Gasteiger partial charge in [0.2, 0.25) is 0 Å². The van der Waals surface area contributed by atoms with Crippen molar-refractivity contribution in [2.24, 2.45) is 0 Å². The molecule has 1 aliphatic rings. The SMILES string of the molecule is CNCC(=Cc1cc(C)c(OC)cc1C)B1OC(C)(C)C(C)(C)O1. The predicted molar refractivity (Wildman–Crippen MR) is 100 cm³/mol. The minimum absolute atomic E-state index is 0.338. The lowest BCUT2D eigenvalue weighted by molar-refractivity contribution is 0.00578. The molecule has 0 saturated carbocycles. The van der Waals surface area contributed by atoms with Crippen molar-refractivity contribution in [3.05, 3.63) is 34.3 Å². The van der Waals surface area contributed by atoms with E-state index < -0.39 is 0 Å². The van der Waals surface area contributed by atoms with Crippen LogP contribution in [0.1, 0.15) is 44.4 Å². The molecule has 0 radical (unpaired) electrons. The minimum Gasteiger partial charge on any atom is -0.496 e. The summed E-state index contributed by atoms with van der Waals surface area (Å²) < 4.78 is 17.8. The van der Waals surface area contributed by atoms with Gasteiger partial charge >= 0.3 is 7.12 Å². The topological polar surface area (TPSA) is 39.7 Å². The molecule has 0 aromatic heterocycles. The lowest BCUT2D eigenvalue weighted by Crippen LogP contribution is -2.41. The summed E-state index contributed by atoms with van der Waals surface area (Å²) in [5.41, 5.74) is 3.86. The Bertz CT molecular complexity index is 622. The van der Waals surface area contributed by atoms with Crippen molar-refractivity contribution in [2.45, 2.75) is 52.7 Å². The van der Waals surface area contributed by atoms with E-state index in [2.05, 4.69) is 65.1 Å². The van der Waals surface area contributed by atoms with Gasteiger partial charge in [0, 0.05) is 6.54 Å². The lowest BCUT2D eigenvalue weighted by Gasteiger charge is -2.32. The van der Waals surface area contributed by atoms with Crippen LogP contribution in [0.3, 0.4) is 0 Å². The molecule has 1 aliphatic heterocycles. The highest BCUT2D eigenvalue weighted by Crippen LogP contribution is 2.39. The fourth-order valence-corrected chi connectivity index (χ4v) is 2.79. The smallest absolute Gasteiger partial charge is 0.491 e. The molecule has 0 amide bonds. The Morgan fingerprint density at radius 1 is 1.12 bits per heavy atom. The van der Waals surface area contributed by atoms with Crippen molar-refractivity contribution < 1.29 is 14.0 Å². The van der Waals surface area contributed by atoms with Gasteiger partial charge in [-0.1, -0.05) is 6.08 Å². The second kappa shape index (κ2) is 6.91. The van der Waals surface area contributed by atoms with Crippen molar-refractivity contribution in [2.75, 3.05) is 20.7 Å². The zero-order valence-electron chi connectivity index (χ0n) is 16.2. The highest BCUT2D eigenvalue weighted by molar-refractivity contribution is 6.55. The van der Waals surface area contributed by atoms with E-state index in [4.69, 9.17) is 14.0 Å². The maximum atomic E-state index is 6.21. The maximum Gasteiger partial charge on any atom is 0.491 e. The summed E-state index contributed by atoms with van der Waals surface area (Å²) in [6.45, 7) is 13.2. The zero-order valence-corrected chi connectivity index (χ0v) is 16.2. The van der Waals surface area contributed by atoms with Gasteiger partial charge in [-0.25, -0.2) is 0 Å². The number of rotatable bonds is 5. The molecular formula is C19H30BNO3. The highest BCUT2D eigenvalue weighted by Gasteiger charge is 2.52. The van der Waals surface area contributed by atoms with Crippen LogP contribution in [-0.4, -0.2) is 39.0 Å². The van der Waals surface area contributed by atoms with Gasteiger partial charge in [-0.05, 0) is 82.9 Å². The summed E-state index contributed by atoms with van der Waals surface area (Å²) in [5, 5.41) is 3.22. The molecule has 1 saturated heterocycles. The van der Waals surface area contributed by atoms with Crippen LogP contribution in [0.4, 0.5) is 0 Å². The third kappa shape index (κ3) is 3.69. The van der Waals surface area contributed by atoms with Crippen LogP contribution in [0.15, 0.2) is 17.6 Å². The van der Waals surface area contributed by atoms with Crippen LogP contribution in [0.25, 0.3) is 6.08 Å². The van der Waals surface area contributed by atoms with E-state index >= 15 is 0 Å². The van der Waals surface area contributed by atoms with Crippen molar-refractivity contribution in [3.8, 4) is 5.75 Å². The Morgan fingerprint density at radius 3 is 2.21 bits per heavy atom. The van der Waals surface area contributed by atoms with E-state index in [1.54, 1.807) is 7.11 Å². The quantitative estimate of drug-likeness (QED) is 0.838. The van der Waals surface area contributed by atoms with E-state index in [1.807, 2.05) is 7.05 Å². The summed E-state index contributed by atoms with van der Waals surface area (Å²) >= 11 is 0. The minimum atomic E-state index is -0.343. The van der Waals surface area contributed by atoms with E-state index in [9.17, 15) is 0 Å². The van der Waals surface area contributed by atoms with Crippen molar-refractivity contribution in [1.82, 2.24) is 5.32 Å². The highest BCUT2D eigenvalue weighted by atomic mass is 16.7. The van der Waals surface area contributed by atoms with Gasteiger partial charge in [0.05, 0.1) is 18.3 Å². The Hall–Kier alpha value is -1.30. The molecule has 1 fully saturated rings. The van der Waals surface area contributed by atoms with E-state index in [0.717, 1.165) is 22.3 Å². The van der Waals surface area contributed by atoms with Crippen LogP contribution in [0.5, 0.6) is 5.75 Å². The van der Waals surface area contributed by atoms with Gasteiger partial charge in [0.15, 0.2) is 0 Å². The standard InChI is InChI=1S/C19H30BNO3/c1-13-10-17(22-8)14(2)9-15(13)11-16(12-21-7)20-23-18(3,4)19(5,6)24-20/h9-11,21H,12H2,1-8H3. The maximum absolute atomic E-state index is 6.21. The van der Waals surface area contributed by atoms with Crippen molar-refractivity contribution >= 4 is 13.2 Å². The first-order valence-electron chi connectivity index (χ1n) is 8.47. The molecule has 1 heterocycles. The second-order valence-corrected chi connectivity index (χ2v) is 7.52. The summed E-state index contributed by atoms with van der Waals surface area (Å²) in [7, 11) is 3.29. The number of likely N-dealkylation sites (N-methyl/N-ethyl adjacent to an activating group) is 1. The molecule has 24 heavy (non-hydrogen) atoms. The molecule has 0 spiro atoms. The largest absolute Gasteiger partial charge is 0.496 e. The van der Waals surface area contributed by atoms with E-state index in [0.29, 0.717) is 6.54 Å². The zero-order chi connectivity index (χ0) is 18.1. The van der Waals surface area contributed by atoms with Gasteiger partial charge in [-0.2, -0.15) is 0 Å². The van der Waals surface area contributed by atoms with Crippen LogP contribution in [0.2, 0.25) is 0 Å². The average Bonchev–Trinajstić information content (AvgIpc) is 2.70. The molecule has 0 unspecified atom stereocenters. The normalized spacial score (nSPS) is 19.7. The van der Waals surface area contributed by atoms with Gasteiger partial charge in [0.25, 0.3) is 0 Å². The molecule has 2 rings (SSSR count). The average molecular weight is 331 g/mol. The molecule has 0 aliphatic carbocycles. The number of hydrogen-bond donors (Lipinski definition) is 1. The molecule has 0 atom stereocenters. The molecule has 0 bridgehead atoms. The number of aryl methyl sites for hydroxylation is 2. The number of benzene rings is 1. The molecular weight excluding hydrogens is 301 g/mol. The first-order valence-corrected chi connectivity index (χ1v) is 8.47. The molecule has 132 valence electrons. The molecule has 4 nitrogen and oxygen atoms in total. The molecule has 1 aromatic rings. The Labute approximate surface area is 146 Å². The fraction of sp³-hybridized carbons (Fsp3) is 0.579. The van der Waals surface area contributed by atoms with Gasteiger partial charge in [0.1, 0.15) is 5.75 Å². The summed E-state index contributed by atoms with van der Waals surface area (Å²) in [5.74, 6) is 0.912. The third-order valence-electron chi connectivity index (χ3n) is 5.06. The van der Waals surface area contributed by atoms with E-state index in [-0.39, 0.29) is 18.3 Å². The van der Waals surface area contributed by atoms with Crippen molar-refractivity contribution in [1.29, 1.82) is 0 Å². The van der Waals surface area contributed by atoms with Gasteiger partial charge in [-0.3, -0.25) is 0 Å². The predicted octanol–water partition coefficient (Wildman–Crippen LogP) is 3.55. The van der Waals surface area contributed by atoms with Crippen LogP contribution in [-0.2, 0) is 9.31 Å². The number of nitrogens with one attached hydrogen (secondary N) is 1. The molecule has 1 aromatic carbocycles. The lowest BCUT2D eigenvalue weighted by atomic mass is 9.76. The van der Waals surface area contributed by atoms with Gasteiger partial charge in [-0.15, -0.1) is 0 Å². The Morgan fingerprint density at radius 2 is 1.71 bits per heavy atom. The Kier molecular flexibility index (Phi) is 5.48. The molecule has 5 heteroatoms. The first-order chi connectivity index (χ1) is 11.1. The fourth-order valence-electron chi connectivity index (χ4n) is 2.79. The van der Waals surface area contributed by atoms with Crippen LogP contribution >= 0.6 is 0 Å². The van der Waals surface area contributed by atoms with E-state index in [1.165, 1.54) is 5.56 Å². The Balaban J connectivity index is 2.38. The summed E-state index contributed by atoms with van der Waals surface area (Å²) in [6, 6.07) is 4.22. The number of methoxy groups -OCH3 is 1. The number of hydrogen-bond acceptors (Lipinski definition) is 4. The van der Waals surface area contributed by atoms with Gasteiger partial charge < -0.3 is 19.4 Å². The van der Waals surface area contributed by atoms with Crippen LogP contribution in [0, 0.1) is 13.8 Å². The second-order valence-electron chi connectivity index (χ2n) is 7.52. The summed E-state index contributed by atoms with van der Waals surface area (Å²) in [6.07, 6.45) is 2.17. The monoisotopic (exact) mass is 331 g/mol. The van der Waals surface area contributed by atoms with Crippen LogP contribution < -0.4 is 10.1 Å². The first kappa shape index (κ1) is 19.0. The third-order valence-corrected chi connectivity index (χ3v) is 5.06. The number of ether oxygens (including phenoxy) is 1. The summed E-state index contributed by atoms with van der Waals surface area (Å²) in [4.78, 5) is 0.